The molecule has 1 aliphatic rings. The summed E-state index contributed by atoms with van der Waals surface area (Å²) in [4.78, 5) is 5.75. The Balaban J connectivity index is 1.89. The van der Waals surface area contributed by atoms with E-state index >= 15 is 0 Å². The van der Waals surface area contributed by atoms with E-state index in [1.807, 2.05) is 0 Å². The largest absolute Gasteiger partial charge is 0.314 e. The monoisotopic (exact) mass is 241 g/mol. The number of halogens is 2. The summed E-state index contributed by atoms with van der Waals surface area (Å²) in [6, 6.07) is 5.12. The molecule has 1 fully saturated rings. The van der Waals surface area contributed by atoms with Crippen LogP contribution in [0.1, 0.15) is 5.69 Å². The fraction of sp³-hybridized carbons (Fsp3) is 0.583. The van der Waals surface area contributed by atoms with Gasteiger partial charge in [-0.05, 0) is 12.1 Å². The highest BCUT2D eigenvalue weighted by atomic mass is 19.3. The molecule has 17 heavy (non-hydrogen) atoms. The van der Waals surface area contributed by atoms with Crippen molar-refractivity contribution in [2.45, 2.75) is 12.3 Å². The Morgan fingerprint density at radius 2 is 2.06 bits per heavy atom. The van der Waals surface area contributed by atoms with Gasteiger partial charge in [0, 0.05) is 38.1 Å². The van der Waals surface area contributed by atoms with Crippen molar-refractivity contribution in [2.75, 3.05) is 32.7 Å². The number of rotatable bonds is 4. The zero-order valence-electron chi connectivity index (χ0n) is 9.70. The molecule has 1 aromatic rings. The fourth-order valence-corrected chi connectivity index (χ4v) is 2.02. The van der Waals surface area contributed by atoms with E-state index in [4.69, 9.17) is 0 Å². The van der Waals surface area contributed by atoms with Crippen molar-refractivity contribution in [1.29, 1.82) is 0 Å². The van der Waals surface area contributed by atoms with Crippen LogP contribution in [-0.4, -0.2) is 48.5 Å². The minimum atomic E-state index is -2.70. The first kappa shape index (κ1) is 12.4. The van der Waals surface area contributed by atoms with Gasteiger partial charge in [-0.25, -0.2) is 8.78 Å². The maximum atomic E-state index is 13.8. The van der Waals surface area contributed by atoms with E-state index in [1.165, 1.54) is 0 Å². The van der Waals surface area contributed by atoms with Gasteiger partial charge in [-0.1, -0.05) is 6.07 Å². The summed E-state index contributed by atoms with van der Waals surface area (Å²) in [6.07, 6.45) is 1.27. The zero-order valence-corrected chi connectivity index (χ0v) is 9.70. The van der Waals surface area contributed by atoms with Gasteiger partial charge in [0.25, 0.3) is 5.92 Å². The number of nitrogens with one attached hydrogen (secondary N) is 1. The second-order valence-corrected chi connectivity index (χ2v) is 4.38. The quantitative estimate of drug-likeness (QED) is 0.857. The molecule has 0 aliphatic carbocycles. The summed E-state index contributed by atoms with van der Waals surface area (Å²) in [5.41, 5.74) is 0.452. The lowest BCUT2D eigenvalue weighted by molar-refractivity contribution is -0.0344. The molecule has 1 N–H and O–H groups in total. The minimum absolute atomic E-state index is 0.175. The van der Waals surface area contributed by atoms with Gasteiger partial charge in [-0.2, -0.15) is 0 Å². The van der Waals surface area contributed by atoms with Crippen LogP contribution < -0.4 is 5.32 Å². The summed E-state index contributed by atoms with van der Waals surface area (Å²) in [7, 11) is 0. The maximum Gasteiger partial charge on any atom is 0.266 e. The van der Waals surface area contributed by atoms with Crippen molar-refractivity contribution in [3.63, 3.8) is 0 Å². The SMILES string of the molecule is FC(F)(Cc1ccccn1)CN1CCNCC1. The maximum absolute atomic E-state index is 13.8. The molecule has 0 bridgehead atoms. The molecule has 1 aromatic heterocycles. The number of nitrogens with zero attached hydrogens (tertiary/aromatic N) is 2. The number of hydrogen-bond acceptors (Lipinski definition) is 3. The molecule has 5 heteroatoms. The third kappa shape index (κ3) is 4.02. The van der Waals surface area contributed by atoms with E-state index in [2.05, 4.69) is 10.3 Å². The Bertz CT molecular complexity index is 337. The Morgan fingerprint density at radius 1 is 1.29 bits per heavy atom. The van der Waals surface area contributed by atoms with Crippen molar-refractivity contribution in [2.24, 2.45) is 0 Å². The van der Waals surface area contributed by atoms with Crippen molar-refractivity contribution in [3.8, 4) is 0 Å². The molecule has 1 saturated heterocycles. The third-order valence-corrected chi connectivity index (χ3v) is 2.83. The summed E-state index contributed by atoms with van der Waals surface area (Å²) in [5.74, 6) is -2.70. The van der Waals surface area contributed by atoms with Crippen LogP contribution in [0.5, 0.6) is 0 Å². The molecule has 0 saturated carbocycles. The van der Waals surface area contributed by atoms with Crippen molar-refractivity contribution >= 4 is 0 Å². The summed E-state index contributed by atoms with van der Waals surface area (Å²) < 4.78 is 27.6. The number of hydrogen-bond donors (Lipinski definition) is 1. The van der Waals surface area contributed by atoms with Crippen LogP contribution in [0.3, 0.4) is 0 Å². The number of aromatic nitrogens is 1. The first-order chi connectivity index (χ1) is 8.16. The van der Waals surface area contributed by atoms with Gasteiger partial charge in [0.1, 0.15) is 0 Å². The Labute approximate surface area is 99.8 Å². The van der Waals surface area contributed by atoms with Crippen LogP contribution in [0.15, 0.2) is 24.4 Å². The predicted octanol–water partition coefficient (Wildman–Crippen LogP) is 1.16. The first-order valence-corrected chi connectivity index (χ1v) is 5.86. The highest BCUT2D eigenvalue weighted by molar-refractivity contribution is 5.06. The second kappa shape index (κ2) is 5.51. The predicted molar refractivity (Wildman–Crippen MR) is 62.2 cm³/mol. The van der Waals surface area contributed by atoms with Gasteiger partial charge in [0.15, 0.2) is 0 Å². The molecular weight excluding hydrogens is 224 g/mol. The van der Waals surface area contributed by atoms with Crippen LogP contribution in [0.25, 0.3) is 0 Å². The lowest BCUT2D eigenvalue weighted by Gasteiger charge is -2.30. The molecule has 94 valence electrons. The number of alkyl halides is 2. The summed E-state index contributed by atoms with van der Waals surface area (Å²) in [5, 5.41) is 3.15. The molecule has 0 spiro atoms. The molecule has 0 aromatic carbocycles. The highest BCUT2D eigenvalue weighted by Crippen LogP contribution is 2.20. The smallest absolute Gasteiger partial charge is 0.266 e. The van der Waals surface area contributed by atoms with Gasteiger partial charge in [-0.3, -0.25) is 9.88 Å². The molecule has 2 heterocycles. The third-order valence-electron chi connectivity index (χ3n) is 2.83. The van der Waals surface area contributed by atoms with E-state index in [0.717, 1.165) is 13.1 Å². The van der Waals surface area contributed by atoms with Gasteiger partial charge in [-0.15, -0.1) is 0 Å². The molecule has 0 amide bonds. The normalized spacial score (nSPS) is 18.2. The summed E-state index contributed by atoms with van der Waals surface area (Å²) >= 11 is 0. The molecule has 1 aliphatic heterocycles. The zero-order chi connectivity index (χ0) is 12.1. The first-order valence-electron chi connectivity index (χ1n) is 5.86. The molecule has 2 rings (SSSR count). The van der Waals surface area contributed by atoms with Crippen LogP contribution in [0, 0.1) is 0 Å². The Hall–Kier alpha value is -1.07. The van der Waals surface area contributed by atoms with Crippen LogP contribution in [0.2, 0.25) is 0 Å². The van der Waals surface area contributed by atoms with Gasteiger partial charge >= 0.3 is 0 Å². The van der Waals surface area contributed by atoms with Crippen LogP contribution in [-0.2, 0) is 6.42 Å². The Morgan fingerprint density at radius 3 is 2.71 bits per heavy atom. The number of pyridine rings is 1. The molecular formula is C12H17F2N3. The van der Waals surface area contributed by atoms with Crippen molar-refractivity contribution in [3.05, 3.63) is 30.1 Å². The van der Waals surface area contributed by atoms with Crippen LogP contribution in [0.4, 0.5) is 8.78 Å². The molecule has 3 nitrogen and oxygen atoms in total. The highest BCUT2D eigenvalue weighted by Gasteiger charge is 2.32. The minimum Gasteiger partial charge on any atom is -0.314 e. The van der Waals surface area contributed by atoms with E-state index in [9.17, 15) is 8.78 Å². The number of piperazine rings is 1. The van der Waals surface area contributed by atoms with Gasteiger partial charge in [0.05, 0.1) is 13.0 Å². The van der Waals surface area contributed by atoms with Crippen molar-refractivity contribution < 1.29 is 8.78 Å². The lowest BCUT2D eigenvalue weighted by atomic mass is 10.1. The van der Waals surface area contributed by atoms with Crippen molar-refractivity contribution in [1.82, 2.24) is 15.2 Å². The second-order valence-electron chi connectivity index (χ2n) is 4.38. The van der Waals surface area contributed by atoms with Crippen LogP contribution >= 0.6 is 0 Å². The standard InChI is InChI=1S/C12H17F2N3/c13-12(14,9-11-3-1-2-4-16-11)10-17-7-5-15-6-8-17/h1-4,15H,5-10H2. The molecule has 0 atom stereocenters. The topological polar surface area (TPSA) is 28.2 Å². The molecule has 0 radical (unpaired) electrons. The van der Waals surface area contributed by atoms with E-state index in [0.29, 0.717) is 18.8 Å². The lowest BCUT2D eigenvalue weighted by Crippen LogP contribution is -2.48. The molecule has 0 unspecified atom stereocenters. The van der Waals surface area contributed by atoms with E-state index in [-0.39, 0.29) is 13.0 Å². The summed E-state index contributed by atoms with van der Waals surface area (Å²) in [6.45, 7) is 2.79. The fourth-order valence-electron chi connectivity index (χ4n) is 2.02. The van der Waals surface area contributed by atoms with Gasteiger partial charge < -0.3 is 5.32 Å². The average molecular weight is 241 g/mol. The van der Waals surface area contributed by atoms with E-state index < -0.39 is 5.92 Å². The Kier molecular flexibility index (Phi) is 4.02. The van der Waals surface area contributed by atoms with E-state index in [1.54, 1.807) is 29.3 Å². The average Bonchev–Trinajstić information content (AvgIpc) is 2.30. The van der Waals surface area contributed by atoms with Gasteiger partial charge in [0.2, 0.25) is 0 Å².